The molecule has 1 rings (SSSR count). The van der Waals surface area contributed by atoms with Crippen LogP contribution in [-0.2, 0) is 9.59 Å². The quantitative estimate of drug-likeness (QED) is 0.707. The minimum atomic E-state index is -1.09. The molecule has 23 heavy (non-hydrogen) atoms. The first-order valence-corrected chi connectivity index (χ1v) is 7.65. The molecule has 0 aromatic heterocycles. The molecule has 1 atom stereocenters. The molecular weight excluding hydrogens is 320 g/mol. The Morgan fingerprint density at radius 1 is 1.26 bits per heavy atom. The third-order valence-electron chi connectivity index (χ3n) is 3.19. The lowest BCUT2D eigenvalue weighted by atomic mass is 10.0. The van der Waals surface area contributed by atoms with Crippen molar-refractivity contribution in [3.63, 3.8) is 0 Å². The maximum absolute atomic E-state index is 12.1. The summed E-state index contributed by atoms with van der Waals surface area (Å²) in [5.74, 6) is -1.95. The summed E-state index contributed by atoms with van der Waals surface area (Å²) in [6, 6.07) is 3.93. The van der Waals surface area contributed by atoms with Crippen molar-refractivity contribution in [2.24, 2.45) is 5.92 Å². The number of benzene rings is 1. The van der Waals surface area contributed by atoms with Crippen LogP contribution < -0.4 is 10.6 Å². The van der Waals surface area contributed by atoms with Crippen LogP contribution in [0, 0.1) is 12.8 Å². The number of halogens is 1. The van der Waals surface area contributed by atoms with Crippen LogP contribution in [-0.4, -0.2) is 35.5 Å². The summed E-state index contributed by atoms with van der Waals surface area (Å²) in [6.45, 7) is 5.19. The zero-order valence-corrected chi connectivity index (χ0v) is 14.1. The highest BCUT2D eigenvalue weighted by molar-refractivity contribution is 6.31. The number of carboxylic acid groups (broad SMARTS) is 1. The van der Waals surface area contributed by atoms with Crippen molar-refractivity contribution in [1.82, 2.24) is 10.6 Å². The van der Waals surface area contributed by atoms with Crippen LogP contribution >= 0.6 is 11.6 Å². The molecule has 0 unspecified atom stereocenters. The van der Waals surface area contributed by atoms with Crippen LogP contribution in [0.1, 0.15) is 36.2 Å². The Labute approximate surface area is 140 Å². The normalized spacial score (nSPS) is 11.9. The fourth-order valence-corrected chi connectivity index (χ4v) is 2.20. The second-order valence-corrected chi connectivity index (χ2v) is 6.17. The Hall–Kier alpha value is -2.08. The molecule has 1 aromatic rings. The number of carbonyl (C=O) groups excluding carboxylic acids is 2. The summed E-state index contributed by atoms with van der Waals surface area (Å²) >= 11 is 5.85. The largest absolute Gasteiger partial charge is 0.480 e. The average Bonchev–Trinajstić information content (AvgIpc) is 2.46. The van der Waals surface area contributed by atoms with Crippen molar-refractivity contribution in [2.45, 2.75) is 33.2 Å². The van der Waals surface area contributed by atoms with Gasteiger partial charge in [-0.15, -0.1) is 0 Å². The zero-order valence-electron chi connectivity index (χ0n) is 13.4. The first-order chi connectivity index (χ1) is 10.7. The maximum atomic E-state index is 12.1. The van der Waals surface area contributed by atoms with E-state index < -0.39 is 23.8 Å². The summed E-state index contributed by atoms with van der Waals surface area (Å²) in [4.78, 5) is 35.0. The van der Waals surface area contributed by atoms with Gasteiger partial charge in [-0.05, 0) is 37.0 Å². The molecule has 0 aliphatic heterocycles. The van der Waals surface area contributed by atoms with Crippen molar-refractivity contribution >= 4 is 29.4 Å². The predicted molar refractivity (Wildman–Crippen MR) is 87.5 cm³/mol. The highest BCUT2D eigenvalue weighted by Gasteiger charge is 2.21. The molecule has 0 bridgehead atoms. The van der Waals surface area contributed by atoms with Crippen LogP contribution in [0.25, 0.3) is 0 Å². The van der Waals surface area contributed by atoms with Gasteiger partial charge in [0, 0.05) is 10.6 Å². The van der Waals surface area contributed by atoms with Gasteiger partial charge in [0.2, 0.25) is 5.91 Å². The first kappa shape index (κ1) is 19.0. The van der Waals surface area contributed by atoms with E-state index in [1.807, 2.05) is 13.8 Å². The molecule has 2 amide bonds. The number of carbonyl (C=O) groups is 3. The molecule has 0 radical (unpaired) electrons. The second kappa shape index (κ2) is 8.53. The topological polar surface area (TPSA) is 95.5 Å². The van der Waals surface area contributed by atoms with Gasteiger partial charge in [0.05, 0.1) is 6.54 Å². The molecule has 1 aromatic carbocycles. The summed E-state index contributed by atoms with van der Waals surface area (Å²) in [5.41, 5.74) is 1.11. The van der Waals surface area contributed by atoms with Gasteiger partial charge >= 0.3 is 5.97 Å². The van der Waals surface area contributed by atoms with Crippen molar-refractivity contribution in [3.05, 3.63) is 34.3 Å². The Balaban J connectivity index is 2.59. The van der Waals surface area contributed by atoms with Gasteiger partial charge in [-0.1, -0.05) is 31.5 Å². The smallest absolute Gasteiger partial charge is 0.326 e. The number of aryl methyl sites for hydroxylation is 1. The van der Waals surface area contributed by atoms with Gasteiger partial charge in [-0.25, -0.2) is 4.79 Å². The summed E-state index contributed by atoms with van der Waals surface area (Å²) in [5, 5.41) is 14.4. The van der Waals surface area contributed by atoms with E-state index in [0.717, 1.165) is 5.56 Å². The van der Waals surface area contributed by atoms with E-state index in [1.54, 1.807) is 19.1 Å². The van der Waals surface area contributed by atoms with E-state index in [2.05, 4.69) is 10.6 Å². The van der Waals surface area contributed by atoms with Crippen LogP contribution in [0.5, 0.6) is 0 Å². The summed E-state index contributed by atoms with van der Waals surface area (Å²) in [6.07, 6.45) is 0.322. The van der Waals surface area contributed by atoms with E-state index in [1.165, 1.54) is 6.07 Å². The third kappa shape index (κ3) is 6.28. The van der Waals surface area contributed by atoms with Crippen molar-refractivity contribution in [1.29, 1.82) is 0 Å². The van der Waals surface area contributed by atoms with Crippen molar-refractivity contribution in [3.8, 4) is 0 Å². The lowest BCUT2D eigenvalue weighted by Crippen LogP contribution is -2.46. The molecule has 126 valence electrons. The van der Waals surface area contributed by atoms with Gasteiger partial charge in [0.1, 0.15) is 6.04 Å². The molecule has 0 heterocycles. The minimum absolute atomic E-state index is 0.125. The zero-order chi connectivity index (χ0) is 17.6. The lowest BCUT2D eigenvalue weighted by molar-refractivity contribution is -0.142. The number of aliphatic carboxylic acids is 1. The maximum Gasteiger partial charge on any atom is 0.326 e. The first-order valence-electron chi connectivity index (χ1n) is 7.27. The standard InChI is InChI=1S/C16H21ClN2O4/c1-9(2)6-13(16(22)23)19-14(20)8-18-15(21)12-7-11(17)5-4-10(12)3/h4-5,7,9,13H,6,8H2,1-3H3,(H,18,21)(H,19,20)(H,22,23)/t13-/m0/s1. The molecule has 7 heteroatoms. The van der Waals surface area contributed by atoms with Gasteiger partial charge in [0.25, 0.3) is 5.91 Å². The number of nitrogens with one attached hydrogen (secondary N) is 2. The Morgan fingerprint density at radius 2 is 1.91 bits per heavy atom. The second-order valence-electron chi connectivity index (χ2n) is 5.73. The monoisotopic (exact) mass is 340 g/mol. The summed E-state index contributed by atoms with van der Waals surface area (Å²) in [7, 11) is 0. The van der Waals surface area contributed by atoms with Gasteiger partial charge in [-0.2, -0.15) is 0 Å². The van der Waals surface area contributed by atoms with E-state index in [-0.39, 0.29) is 12.5 Å². The van der Waals surface area contributed by atoms with E-state index >= 15 is 0 Å². The number of carboxylic acids is 1. The Kier molecular flexibility index (Phi) is 7.03. The average molecular weight is 341 g/mol. The molecule has 0 spiro atoms. The molecule has 0 saturated carbocycles. The van der Waals surface area contributed by atoms with Crippen LogP contribution in [0.4, 0.5) is 0 Å². The van der Waals surface area contributed by atoms with Gasteiger partial charge in [0.15, 0.2) is 0 Å². The molecule has 0 saturated heterocycles. The number of hydrogen-bond donors (Lipinski definition) is 3. The lowest BCUT2D eigenvalue weighted by Gasteiger charge is -2.16. The third-order valence-corrected chi connectivity index (χ3v) is 3.43. The Bertz CT molecular complexity index is 602. The van der Waals surface area contributed by atoms with E-state index in [0.29, 0.717) is 17.0 Å². The molecular formula is C16H21ClN2O4. The van der Waals surface area contributed by atoms with E-state index in [4.69, 9.17) is 16.7 Å². The fraction of sp³-hybridized carbons (Fsp3) is 0.438. The van der Waals surface area contributed by atoms with Crippen LogP contribution in [0.15, 0.2) is 18.2 Å². The SMILES string of the molecule is Cc1ccc(Cl)cc1C(=O)NCC(=O)N[C@@H](CC(C)C)C(=O)O. The van der Waals surface area contributed by atoms with Crippen LogP contribution in [0.2, 0.25) is 5.02 Å². The minimum Gasteiger partial charge on any atom is -0.480 e. The number of hydrogen-bond acceptors (Lipinski definition) is 3. The van der Waals surface area contributed by atoms with Gasteiger partial charge in [-0.3, -0.25) is 9.59 Å². The van der Waals surface area contributed by atoms with Crippen LogP contribution in [0.3, 0.4) is 0 Å². The predicted octanol–water partition coefficient (Wildman–Crippen LogP) is 1.99. The van der Waals surface area contributed by atoms with E-state index in [9.17, 15) is 14.4 Å². The fourth-order valence-electron chi connectivity index (χ4n) is 2.03. The molecule has 0 aliphatic rings. The molecule has 0 aliphatic carbocycles. The van der Waals surface area contributed by atoms with Crippen molar-refractivity contribution in [2.75, 3.05) is 6.54 Å². The number of amides is 2. The highest BCUT2D eigenvalue weighted by atomic mass is 35.5. The highest BCUT2D eigenvalue weighted by Crippen LogP contribution is 2.15. The molecule has 3 N–H and O–H groups in total. The molecule has 6 nitrogen and oxygen atoms in total. The van der Waals surface area contributed by atoms with Crippen molar-refractivity contribution < 1.29 is 19.5 Å². The van der Waals surface area contributed by atoms with Gasteiger partial charge < -0.3 is 15.7 Å². The molecule has 0 fully saturated rings. The summed E-state index contributed by atoms with van der Waals surface area (Å²) < 4.78 is 0. The Morgan fingerprint density at radius 3 is 2.48 bits per heavy atom. The number of rotatable bonds is 7.